The second-order valence-corrected chi connectivity index (χ2v) is 7.90. The summed E-state index contributed by atoms with van der Waals surface area (Å²) < 4.78 is 2.10. The molecule has 1 saturated carbocycles. The number of fused-ring (bicyclic) bond motifs is 1. The Balaban J connectivity index is 1.58. The number of carbonyl (C=O) groups excluding carboxylic acids is 2. The van der Waals surface area contributed by atoms with Crippen molar-refractivity contribution in [1.82, 2.24) is 19.8 Å². The molecule has 6 heteroatoms. The maximum absolute atomic E-state index is 12.5. The van der Waals surface area contributed by atoms with Crippen LogP contribution in [-0.2, 0) is 22.6 Å². The van der Waals surface area contributed by atoms with Gasteiger partial charge in [-0.3, -0.25) is 9.59 Å². The van der Waals surface area contributed by atoms with Gasteiger partial charge in [0, 0.05) is 32.3 Å². The molecule has 25 heavy (non-hydrogen) atoms. The first-order valence-corrected chi connectivity index (χ1v) is 9.56. The Morgan fingerprint density at radius 1 is 1.32 bits per heavy atom. The smallest absolute Gasteiger partial charge is 0.226 e. The van der Waals surface area contributed by atoms with E-state index in [1.165, 1.54) is 12.8 Å². The quantitative estimate of drug-likeness (QED) is 0.824. The monoisotopic (exact) mass is 346 g/mol. The Labute approximate surface area is 150 Å². The highest BCUT2D eigenvalue weighted by molar-refractivity contribution is 5.78. The summed E-state index contributed by atoms with van der Waals surface area (Å²) in [6, 6.07) is -0.0308. The number of hydrogen-bond acceptors (Lipinski definition) is 3. The summed E-state index contributed by atoms with van der Waals surface area (Å²) in [7, 11) is 0. The molecule has 3 rings (SSSR count). The fourth-order valence-corrected chi connectivity index (χ4v) is 3.34. The fraction of sp³-hybridized carbons (Fsp3) is 0.737. The van der Waals surface area contributed by atoms with Crippen LogP contribution in [-0.4, -0.2) is 39.4 Å². The van der Waals surface area contributed by atoms with Crippen molar-refractivity contribution in [3.05, 3.63) is 17.7 Å². The predicted octanol–water partition coefficient (Wildman–Crippen LogP) is 2.29. The molecule has 0 unspecified atom stereocenters. The van der Waals surface area contributed by atoms with Gasteiger partial charge in [0.25, 0.3) is 0 Å². The van der Waals surface area contributed by atoms with E-state index in [2.05, 4.69) is 28.7 Å². The molecule has 2 amide bonds. The van der Waals surface area contributed by atoms with E-state index in [0.717, 1.165) is 37.6 Å². The Bertz CT molecular complexity index is 633. The number of nitrogens with zero attached hydrogens (tertiary/aromatic N) is 3. The summed E-state index contributed by atoms with van der Waals surface area (Å²) >= 11 is 0. The normalized spacial score (nSPS) is 19.8. The molecule has 2 heterocycles. The van der Waals surface area contributed by atoms with Crippen LogP contribution in [0.3, 0.4) is 0 Å². The number of rotatable bonds is 7. The van der Waals surface area contributed by atoms with Crippen molar-refractivity contribution >= 4 is 11.8 Å². The van der Waals surface area contributed by atoms with Crippen molar-refractivity contribution in [2.75, 3.05) is 13.1 Å². The molecule has 0 aromatic carbocycles. The minimum atomic E-state index is -0.0308. The highest BCUT2D eigenvalue weighted by atomic mass is 16.2. The molecular weight excluding hydrogens is 316 g/mol. The third kappa shape index (κ3) is 4.61. The van der Waals surface area contributed by atoms with Gasteiger partial charge in [-0.25, -0.2) is 4.98 Å². The molecule has 0 bridgehead atoms. The Morgan fingerprint density at radius 2 is 2.08 bits per heavy atom. The highest BCUT2D eigenvalue weighted by Gasteiger charge is 2.29. The van der Waals surface area contributed by atoms with Crippen molar-refractivity contribution in [3.63, 3.8) is 0 Å². The second kappa shape index (κ2) is 7.58. The molecule has 1 atom stereocenters. The van der Waals surface area contributed by atoms with Crippen LogP contribution in [0, 0.1) is 11.8 Å². The van der Waals surface area contributed by atoms with E-state index in [9.17, 15) is 9.59 Å². The van der Waals surface area contributed by atoms with Crippen molar-refractivity contribution in [2.45, 2.75) is 65.5 Å². The van der Waals surface area contributed by atoms with Gasteiger partial charge in [0.15, 0.2) is 0 Å². The zero-order valence-corrected chi connectivity index (χ0v) is 15.6. The van der Waals surface area contributed by atoms with Gasteiger partial charge >= 0.3 is 0 Å². The summed E-state index contributed by atoms with van der Waals surface area (Å²) in [5.41, 5.74) is 0.798. The second-order valence-electron chi connectivity index (χ2n) is 7.90. The molecule has 0 saturated heterocycles. The van der Waals surface area contributed by atoms with E-state index in [0.29, 0.717) is 24.7 Å². The van der Waals surface area contributed by atoms with Crippen LogP contribution in [0.15, 0.2) is 6.20 Å². The summed E-state index contributed by atoms with van der Waals surface area (Å²) in [6.07, 6.45) is 6.27. The van der Waals surface area contributed by atoms with Gasteiger partial charge in [0.1, 0.15) is 5.82 Å². The van der Waals surface area contributed by atoms with Gasteiger partial charge in [-0.2, -0.15) is 0 Å². The largest absolute Gasteiger partial charge is 0.355 e. The van der Waals surface area contributed by atoms with Crippen molar-refractivity contribution in [3.8, 4) is 0 Å². The predicted molar refractivity (Wildman–Crippen MR) is 95.9 cm³/mol. The Kier molecular flexibility index (Phi) is 5.45. The maximum Gasteiger partial charge on any atom is 0.226 e. The molecular formula is C19H30N4O2. The Hall–Kier alpha value is -1.85. The number of carbonyl (C=O) groups is 2. The van der Waals surface area contributed by atoms with Crippen LogP contribution in [0.4, 0.5) is 0 Å². The minimum absolute atomic E-state index is 0.0308. The van der Waals surface area contributed by atoms with E-state index >= 15 is 0 Å². The van der Waals surface area contributed by atoms with Crippen LogP contribution < -0.4 is 5.32 Å². The fourth-order valence-electron chi connectivity index (χ4n) is 3.34. The van der Waals surface area contributed by atoms with Crippen LogP contribution in [0.25, 0.3) is 0 Å². The van der Waals surface area contributed by atoms with Crippen LogP contribution in [0.5, 0.6) is 0 Å². The lowest BCUT2D eigenvalue weighted by molar-refractivity contribution is -0.134. The summed E-state index contributed by atoms with van der Waals surface area (Å²) in [5.74, 6) is 2.37. The van der Waals surface area contributed by atoms with Gasteiger partial charge in [-0.15, -0.1) is 0 Å². The van der Waals surface area contributed by atoms with Crippen molar-refractivity contribution in [1.29, 1.82) is 0 Å². The zero-order chi connectivity index (χ0) is 18.0. The highest BCUT2D eigenvalue weighted by Crippen LogP contribution is 2.28. The number of nitrogens with one attached hydrogen (secondary N) is 1. The SMILES string of the molecule is CC(C)CCC(=O)N1CCn2cc(CC(=O)NCC3CC3)nc2[C@H]1C. The average molecular weight is 346 g/mol. The molecule has 6 nitrogen and oxygen atoms in total. The standard InChI is InChI=1S/C19H30N4O2/c1-13(2)4-7-18(25)23-9-8-22-12-16(21-19(22)14(23)3)10-17(24)20-11-15-5-6-15/h12-15H,4-11H2,1-3H3,(H,20,24)/t14-/m1/s1. The number of imidazole rings is 1. The molecule has 1 aromatic heterocycles. The molecule has 1 fully saturated rings. The molecule has 1 aromatic rings. The van der Waals surface area contributed by atoms with E-state index in [1.54, 1.807) is 0 Å². The molecule has 0 radical (unpaired) electrons. The van der Waals surface area contributed by atoms with E-state index in [4.69, 9.17) is 0 Å². The molecule has 1 N–H and O–H groups in total. The molecule has 0 spiro atoms. The maximum atomic E-state index is 12.5. The van der Waals surface area contributed by atoms with E-state index < -0.39 is 0 Å². The van der Waals surface area contributed by atoms with Crippen LogP contribution in [0.2, 0.25) is 0 Å². The van der Waals surface area contributed by atoms with Gasteiger partial charge in [0.2, 0.25) is 11.8 Å². The van der Waals surface area contributed by atoms with Crippen LogP contribution in [0.1, 0.15) is 64.0 Å². The summed E-state index contributed by atoms with van der Waals surface area (Å²) in [4.78, 5) is 31.1. The summed E-state index contributed by atoms with van der Waals surface area (Å²) in [6.45, 7) is 8.57. The molecule has 1 aliphatic heterocycles. The first-order chi connectivity index (χ1) is 11.9. The lowest BCUT2D eigenvalue weighted by Crippen LogP contribution is -2.41. The van der Waals surface area contributed by atoms with Gasteiger partial charge in [-0.1, -0.05) is 13.8 Å². The van der Waals surface area contributed by atoms with E-state index in [1.807, 2.05) is 18.0 Å². The Morgan fingerprint density at radius 3 is 2.76 bits per heavy atom. The van der Waals surface area contributed by atoms with Crippen molar-refractivity contribution in [2.24, 2.45) is 11.8 Å². The number of aromatic nitrogens is 2. The summed E-state index contributed by atoms with van der Waals surface area (Å²) in [5, 5.41) is 2.99. The van der Waals surface area contributed by atoms with Gasteiger partial charge in [0.05, 0.1) is 18.2 Å². The topological polar surface area (TPSA) is 67.2 Å². The number of hydrogen-bond donors (Lipinski definition) is 1. The average Bonchev–Trinajstić information content (AvgIpc) is 3.30. The molecule has 2 aliphatic rings. The molecule has 138 valence electrons. The van der Waals surface area contributed by atoms with Gasteiger partial charge < -0.3 is 14.8 Å². The number of amides is 2. The third-order valence-electron chi connectivity index (χ3n) is 5.16. The van der Waals surface area contributed by atoms with E-state index in [-0.39, 0.29) is 17.9 Å². The zero-order valence-electron chi connectivity index (χ0n) is 15.6. The lowest BCUT2D eigenvalue weighted by atomic mass is 10.1. The van der Waals surface area contributed by atoms with Crippen molar-refractivity contribution < 1.29 is 9.59 Å². The van der Waals surface area contributed by atoms with Crippen LogP contribution >= 0.6 is 0 Å². The first-order valence-electron chi connectivity index (χ1n) is 9.56. The first kappa shape index (κ1) is 18.0. The minimum Gasteiger partial charge on any atom is -0.355 e. The lowest BCUT2D eigenvalue weighted by Gasteiger charge is -2.34. The molecule has 1 aliphatic carbocycles. The third-order valence-corrected chi connectivity index (χ3v) is 5.16. The van der Waals surface area contributed by atoms with Gasteiger partial charge in [-0.05, 0) is 38.0 Å².